The van der Waals surface area contributed by atoms with Crippen LogP contribution in [0, 0.1) is 25.2 Å². The topological polar surface area (TPSA) is 49.0 Å². The molecule has 0 aliphatic carbocycles. The third kappa shape index (κ3) is 3.38. The number of hydrogen-bond acceptors (Lipinski definition) is 3. The van der Waals surface area contributed by atoms with Crippen LogP contribution in [0.5, 0.6) is 0 Å². The van der Waals surface area contributed by atoms with Crippen molar-refractivity contribution >= 4 is 5.78 Å². The summed E-state index contributed by atoms with van der Waals surface area (Å²) in [6, 6.07) is 9.71. The summed E-state index contributed by atoms with van der Waals surface area (Å²) in [5.74, 6) is 0.125. The highest BCUT2D eigenvalue weighted by molar-refractivity contribution is 5.97. The highest BCUT2D eigenvalue weighted by Gasteiger charge is 2.23. The van der Waals surface area contributed by atoms with Crippen LogP contribution in [0.4, 0.5) is 0 Å². The lowest BCUT2D eigenvalue weighted by molar-refractivity contribution is 0.101. The van der Waals surface area contributed by atoms with Gasteiger partial charge in [0, 0.05) is 29.2 Å². The molecule has 0 bridgehead atoms. The van der Waals surface area contributed by atoms with Crippen LogP contribution in [-0.2, 0) is 6.54 Å². The molecule has 130 valence electrons. The Morgan fingerprint density at radius 2 is 1.72 bits per heavy atom. The standard InChI is InChI=1S/C21H25N3O/c1-15-20(14-23-11-5-4-6-12-23)21(17(3)25)16(2)24(15)19-9-7-18(13-22)8-10-19/h7-10H,4-6,11-12,14H2,1-3H3. The molecule has 1 aliphatic rings. The van der Waals surface area contributed by atoms with Gasteiger partial charge in [-0.15, -0.1) is 0 Å². The Hall–Kier alpha value is -2.38. The van der Waals surface area contributed by atoms with Gasteiger partial charge in [0.2, 0.25) is 0 Å². The van der Waals surface area contributed by atoms with Gasteiger partial charge in [-0.25, -0.2) is 0 Å². The second-order valence-corrected chi connectivity index (χ2v) is 6.91. The van der Waals surface area contributed by atoms with Crippen molar-refractivity contribution in [2.45, 2.75) is 46.6 Å². The molecule has 2 heterocycles. The summed E-state index contributed by atoms with van der Waals surface area (Å²) in [6.45, 7) is 8.82. The molecule has 0 saturated carbocycles. The minimum Gasteiger partial charge on any atom is -0.317 e. The maximum atomic E-state index is 12.4. The second-order valence-electron chi connectivity index (χ2n) is 6.91. The van der Waals surface area contributed by atoms with Crippen LogP contribution in [0.25, 0.3) is 5.69 Å². The van der Waals surface area contributed by atoms with Crippen molar-refractivity contribution < 1.29 is 4.79 Å². The van der Waals surface area contributed by atoms with Crippen LogP contribution >= 0.6 is 0 Å². The molecule has 1 aromatic carbocycles. The van der Waals surface area contributed by atoms with Gasteiger partial charge in [-0.05, 0) is 76.5 Å². The smallest absolute Gasteiger partial charge is 0.161 e. The van der Waals surface area contributed by atoms with Crippen molar-refractivity contribution in [3.63, 3.8) is 0 Å². The third-order valence-corrected chi connectivity index (χ3v) is 5.21. The van der Waals surface area contributed by atoms with Gasteiger partial charge in [0.15, 0.2) is 5.78 Å². The zero-order chi connectivity index (χ0) is 18.0. The molecule has 1 fully saturated rings. The first kappa shape index (κ1) is 17.4. The predicted molar refractivity (Wildman–Crippen MR) is 99.1 cm³/mol. The van der Waals surface area contributed by atoms with Crippen molar-refractivity contribution in [2.75, 3.05) is 13.1 Å². The number of carbonyl (C=O) groups is 1. The van der Waals surface area contributed by atoms with E-state index in [9.17, 15) is 4.79 Å². The summed E-state index contributed by atoms with van der Waals surface area (Å²) in [6.07, 6.45) is 3.79. The molecular formula is C21H25N3O. The summed E-state index contributed by atoms with van der Waals surface area (Å²) < 4.78 is 2.15. The van der Waals surface area contributed by atoms with Gasteiger partial charge in [-0.2, -0.15) is 5.26 Å². The molecule has 1 saturated heterocycles. The van der Waals surface area contributed by atoms with Crippen molar-refractivity contribution in [1.82, 2.24) is 9.47 Å². The monoisotopic (exact) mass is 335 g/mol. The first-order valence-electron chi connectivity index (χ1n) is 8.97. The maximum absolute atomic E-state index is 12.4. The van der Waals surface area contributed by atoms with Gasteiger partial charge in [-0.1, -0.05) is 6.42 Å². The van der Waals surface area contributed by atoms with Crippen LogP contribution in [0.1, 0.15) is 59.1 Å². The normalized spacial score (nSPS) is 15.1. The maximum Gasteiger partial charge on any atom is 0.161 e. The number of carbonyl (C=O) groups excluding carboxylic acids is 1. The quantitative estimate of drug-likeness (QED) is 0.789. The molecule has 1 aliphatic heterocycles. The third-order valence-electron chi connectivity index (χ3n) is 5.21. The van der Waals surface area contributed by atoms with E-state index >= 15 is 0 Å². The summed E-state index contributed by atoms with van der Waals surface area (Å²) in [4.78, 5) is 14.8. The van der Waals surface area contributed by atoms with E-state index < -0.39 is 0 Å². The average Bonchev–Trinajstić information content (AvgIpc) is 2.86. The molecule has 0 spiro atoms. The van der Waals surface area contributed by atoms with Crippen LogP contribution in [0.2, 0.25) is 0 Å². The van der Waals surface area contributed by atoms with Crippen LogP contribution in [0.3, 0.4) is 0 Å². The number of benzene rings is 1. The van der Waals surface area contributed by atoms with Crippen molar-refractivity contribution in [3.05, 3.63) is 52.3 Å². The largest absolute Gasteiger partial charge is 0.317 e. The van der Waals surface area contributed by atoms with E-state index in [0.717, 1.165) is 47.8 Å². The molecule has 0 radical (unpaired) electrons. The number of nitrogens with zero attached hydrogens (tertiary/aromatic N) is 3. The number of aromatic nitrogens is 1. The van der Waals surface area contributed by atoms with Crippen LogP contribution in [0.15, 0.2) is 24.3 Å². The fourth-order valence-corrected chi connectivity index (χ4v) is 3.97. The Balaban J connectivity index is 2.05. The zero-order valence-corrected chi connectivity index (χ0v) is 15.3. The Kier molecular flexibility index (Phi) is 5.06. The number of Topliss-reactive ketones (excluding diaryl/α,β-unsaturated/α-hetero) is 1. The van der Waals surface area contributed by atoms with Crippen LogP contribution < -0.4 is 0 Å². The van der Waals surface area contributed by atoms with E-state index in [1.807, 2.05) is 31.2 Å². The zero-order valence-electron chi connectivity index (χ0n) is 15.3. The van der Waals surface area contributed by atoms with Gasteiger partial charge < -0.3 is 4.57 Å². The molecule has 4 heteroatoms. The minimum atomic E-state index is 0.125. The minimum absolute atomic E-state index is 0.125. The number of piperidine rings is 1. The number of nitriles is 1. The molecule has 25 heavy (non-hydrogen) atoms. The summed E-state index contributed by atoms with van der Waals surface area (Å²) in [7, 11) is 0. The first-order valence-corrected chi connectivity index (χ1v) is 8.97. The van der Waals surface area contributed by atoms with Gasteiger partial charge in [0.1, 0.15) is 0 Å². The molecule has 4 nitrogen and oxygen atoms in total. The molecule has 3 rings (SSSR count). The summed E-state index contributed by atoms with van der Waals surface area (Å²) in [5.41, 5.74) is 5.76. The molecule has 0 atom stereocenters. The average molecular weight is 335 g/mol. The Morgan fingerprint density at radius 3 is 2.28 bits per heavy atom. The summed E-state index contributed by atoms with van der Waals surface area (Å²) in [5, 5.41) is 9.00. The molecule has 0 amide bonds. The predicted octanol–water partition coefficient (Wildman–Crippen LogP) is 4.15. The SMILES string of the molecule is CC(=O)c1c(CN2CCCCC2)c(C)n(-c2ccc(C#N)cc2)c1C. The van der Waals surface area contributed by atoms with E-state index in [1.54, 1.807) is 6.92 Å². The van der Waals surface area contributed by atoms with E-state index in [0.29, 0.717) is 5.56 Å². The molecule has 0 unspecified atom stereocenters. The van der Waals surface area contributed by atoms with E-state index in [4.69, 9.17) is 5.26 Å². The molecule has 1 aromatic heterocycles. The number of hydrogen-bond donors (Lipinski definition) is 0. The fourth-order valence-electron chi connectivity index (χ4n) is 3.97. The lowest BCUT2D eigenvalue weighted by Gasteiger charge is -2.26. The Bertz CT molecular complexity index is 818. The summed E-state index contributed by atoms with van der Waals surface area (Å²) >= 11 is 0. The molecule has 0 N–H and O–H groups in total. The van der Waals surface area contributed by atoms with Crippen molar-refractivity contribution in [1.29, 1.82) is 5.26 Å². The number of rotatable bonds is 4. The lowest BCUT2D eigenvalue weighted by atomic mass is 10.0. The van der Waals surface area contributed by atoms with Crippen LogP contribution in [-0.4, -0.2) is 28.3 Å². The van der Waals surface area contributed by atoms with E-state index in [-0.39, 0.29) is 5.78 Å². The van der Waals surface area contributed by atoms with Crippen molar-refractivity contribution in [2.24, 2.45) is 0 Å². The van der Waals surface area contributed by atoms with Gasteiger partial charge in [-0.3, -0.25) is 9.69 Å². The van der Waals surface area contributed by atoms with E-state index in [2.05, 4.69) is 22.5 Å². The Morgan fingerprint density at radius 1 is 1.08 bits per heavy atom. The van der Waals surface area contributed by atoms with E-state index in [1.165, 1.54) is 19.3 Å². The highest BCUT2D eigenvalue weighted by Crippen LogP contribution is 2.29. The van der Waals surface area contributed by atoms with Gasteiger partial charge in [0.25, 0.3) is 0 Å². The Labute approximate surface area is 149 Å². The molecular weight excluding hydrogens is 310 g/mol. The van der Waals surface area contributed by atoms with Gasteiger partial charge >= 0.3 is 0 Å². The number of likely N-dealkylation sites (tertiary alicyclic amines) is 1. The number of ketones is 1. The highest BCUT2D eigenvalue weighted by atomic mass is 16.1. The van der Waals surface area contributed by atoms with Crippen molar-refractivity contribution in [3.8, 4) is 11.8 Å². The first-order chi connectivity index (χ1) is 12.0. The van der Waals surface area contributed by atoms with Gasteiger partial charge in [0.05, 0.1) is 11.6 Å². The fraction of sp³-hybridized carbons (Fsp3) is 0.429. The molecule has 2 aromatic rings. The lowest BCUT2D eigenvalue weighted by Crippen LogP contribution is -2.29. The second kappa shape index (κ2) is 7.25.